The standard InChI is InChI=1S/C21H18ClN3O2/c1-14(15-6-3-2-4-7-15)23-20(26)18-8-5-9-19(25-18)21(27)24-17-12-10-16(22)11-13-17/h2-14H,1H3,(H,23,26)(H,24,27). The van der Waals surface area contributed by atoms with Gasteiger partial charge in [-0.15, -0.1) is 0 Å². The number of hydrogen-bond donors (Lipinski definition) is 2. The van der Waals surface area contributed by atoms with Crippen molar-refractivity contribution < 1.29 is 9.59 Å². The number of nitrogens with one attached hydrogen (secondary N) is 2. The van der Waals surface area contributed by atoms with Crippen molar-refractivity contribution in [2.45, 2.75) is 13.0 Å². The van der Waals surface area contributed by atoms with Gasteiger partial charge in [0.2, 0.25) is 0 Å². The van der Waals surface area contributed by atoms with Crippen molar-refractivity contribution in [3.8, 4) is 0 Å². The van der Waals surface area contributed by atoms with Crippen LogP contribution in [0.5, 0.6) is 0 Å². The van der Waals surface area contributed by atoms with Gasteiger partial charge in [0.05, 0.1) is 6.04 Å². The molecule has 1 atom stereocenters. The van der Waals surface area contributed by atoms with Crippen LogP contribution in [-0.2, 0) is 0 Å². The first-order valence-corrected chi connectivity index (χ1v) is 8.80. The SMILES string of the molecule is CC(NC(=O)c1cccc(C(=O)Nc2ccc(Cl)cc2)n1)c1ccccc1. The van der Waals surface area contributed by atoms with Crippen LogP contribution in [0.25, 0.3) is 0 Å². The summed E-state index contributed by atoms with van der Waals surface area (Å²) in [6.45, 7) is 1.89. The fraction of sp³-hybridized carbons (Fsp3) is 0.0952. The molecular weight excluding hydrogens is 362 g/mol. The summed E-state index contributed by atoms with van der Waals surface area (Å²) in [5.41, 5.74) is 1.92. The Morgan fingerprint density at radius 1 is 0.852 bits per heavy atom. The average molecular weight is 380 g/mol. The lowest BCUT2D eigenvalue weighted by atomic mass is 10.1. The van der Waals surface area contributed by atoms with Crippen molar-refractivity contribution in [2.75, 3.05) is 5.32 Å². The molecule has 5 nitrogen and oxygen atoms in total. The van der Waals surface area contributed by atoms with Crippen molar-refractivity contribution in [3.63, 3.8) is 0 Å². The minimum absolute atomic E-state index is 0.157. The molecule has 1 unspecified atom stereocenters. The summed E-state index contributed by atoms with van der Waals surface area (Å²) >= 11 is 5.84. The molecule has 6 heteroatoms. The molecule has 0 fully saturated rings. The lowest BCUT2D eigenvalue weighted by molar-refractivity contribution is 0.0934. The van der Waals surface area contributed by atoms with Crippen LogP contribution in [-0.4, -0.2) is 16.8 Å². The largest absolute Gasteiger partial charge is 0.344 e. The van der Waals surface area contributed by atoms with E-state index in [1.807, 2.05) is 37.3 Å². The Kier molecular flexibility index (Phi) is 5.84. The van der Waals surface area contributed by atoms with E-state index in [1.165, 1.54) is 0 Å². The average Bonchev–Trinajstić information content (AvgIpc) is 2.70. The highest BCUT2D eigenvalue weighted by atomic mass is 35.5. The molecule has 0 aliphatic heterocycles. The van der Waals surface area contributed by atoms with Crippen LogP contribution in [0.3, 0.4) is 0 Å². The maximum Gasteiger partial charge on any atom is 0.274 e. The Morgan fingerprint density at radius 2 is 1.48 bits per heavy atom. The molecule has 0 radical (unpaired) electrons. The summed E-state index contributed by atoms with van der Waals surface area (Å²) in [7, 11) is 0. The number of carbonyl (C=O) groups excluding carboxylic acids is 2. The number of benzene rings is 2. The van der Waals surface area contributed by atoms with Crippen LogP contribution in [0.15, 0.2) is 72.8 Å². The zero-order valence-electron chi connectivity index (χ0n) is 14.6. The normalized spacial score (nSPS) is 11.5. The molecule has 3 aromatic rings. The third kappa shape index (κ3) is 4.92. The zero-order valence-corrected chi connectivity index (χ0v) is 15.4. The highest BCUT2D eigenvalue weighted by Gasteiger charge is 2.15. The number of aromatic nitrogens is 1. The summed E-state index contributed by atoms with van der Waals surface area (Å²) in [6.07, 6.45) is 0. The van der Waals surface area contributed by atoms with Gasteiger partial charge in [-0.3, -0.25) is 9.59 Å². The molecule has 3 rings (SSSR count). The minimum atomic E-state index is -0.400. The van der Waals surface area contributed by atoms with Crippen LogP contribution >= 0.6 is 11.6 Å². The van der Waals surface area contributed by atoms with Gasteiger partial charge >= 0.3 is 0 Å². The second-order valence-corrected chi connectivity index (χ2v) is 6.41. The molecule has 2 amide bonds. The third-order valence-corrected chi connectivity index (χ3v) is 4.22. The van der Waals surface area contributed by atoms with Gasteiger partial charge in [0, 0.05) is 10.7 Å². The minimum Gasteiger partial charge on any atom is -0.344 e. The van der Waals surface area contributed by atoms with Crippen molar-refractivity contribution in [2.24, 2.45) is 0 Å². The number of rotatable bonds is 5. The zero-order chi connectivity index (χ0) is 19.2. The maximum atomic E-state index is 12.5. The molecular formula is C21H18ClN3O2. The predicted octanol–water partition coefficient (Wildman–Crippen LogP) is 4.48. The Hall–Kier alpha value is -3.18. The van der Waals surface area contributed by atoms with Crippen LogP contribution in [0.1, 0.15) is 39.5 Å². The number of amides is 2. The number of nitrogens with zero attached hydrogens (tertiary/aromatic N) is 1. The molecule has 0 bridgehead atoms. The fourth-order valence-corrected chi connectivity index (χ4v) is 2.64. The van der Waals surface area contributed by atoms with E-state index < -0.39 is 5.91 Å². The van der Waals surface area contributed by atoms with Gasteiger partial charge in [-0.1, -0.05) is 48.0 Å². The maximum absolute atomic E-state index is 12.5. The monoisotopic (exact) mass is 379 g/mol. The van der Waals surface area contributed by atoms with Crippen LogP contribution in [0, 0.1) is 0 Å². The van der Waals surface area contributed by atoms with Crippen molar-refractivity contribution in [1.82, 2.24) is 10.3 Å². The van der Waals surface area contributed by atoms with Gasteiger partial charge in [-0.25, -0.2) is 4.98 Å². The summed E-state index contributed by atoms with van der Waals surface area (Å²) in [6, 6.07) is 21.0. The molecule has 0 aliphatic carbocycles. The lowest BCUT2D eigenvalue weighted by Crippen LogP contribution is -2.28. The number of halogens is 1. The van der Waals surface area contributed by atoms with Gasteiger partial charge in [0.15, 0.2) is 0 Å². The first-order valence-electron chi connectivity index (χ1n) is 8.43. The third-order valence-electron chi connectivity index (χ3n) is 3.96. The van der Waals surface area contributed by atoms with E-state index in [2.05, 4.69) is 15.6 Å². The van der Waals surface area contributed by atoms with Gasteiger partial charge in [-0.05, 0) is 48.9 Å². The lowest BCUT2D eigenvalue weighted by Gasteiger charge is -2.14. The van der Waals surface area contributed by atoms with Gasteiger partial charge < -0.3 is 10.6 Å². The molecule has 27 heavy (non-hydrogen) atoms. The number of hydrogen-bond acceptors (Lipinski definition) is 3. The van der Waals surface area contributed by atoms with E-state index in [-0.39, 0.29) is 23.3 Å². The molecule has 1 heterocycles. The molecule has 2 N–H and O–H groups in total. The van der Waals surface area contributed by atoms with Crippen LogP contribution < -0.4 is 10.6 Å². The fourth-order valence-electron chi connectivity index (χ4n) is 2.51. The molecule has 0 saturated heterocycles. The van der Waals surface area contributed by atoms with E-state index in [0.29, 0.717) is 10.7 Å². The Morgan fingerprint density at radius 3 is 2.15 bits per heavy atom. The number of anilines is 1. The first kappa shape index (κ1) is 18.6. The second-order valence-electron chi connectivity index (χ2n) is 5.97. The summed E-state index contributed by atoms with van der Waals surface area (Å²) in [5, 5.41) is 6.19. The quantitative estimate of drug-likeness (QED) is 0.686. The van der Waals surface area contributed by atoms with Crippen LogP contribution in [0.4, 0.5) is 5.69 Å². The first-order chi connectivity index (χ1) is 13.0. The van der Waals surface area contributed by atoms with Crippen LogP contribution in [0.2, 0.25) is 5.02 Å². The van der Waals surface area contributed by atoms with E-state index in [4.69, 9.17) is 11.6 Å². The summed E-state index contributed by atoms with van der Waals surface area (Å²) in [5.74, 6) is -0.740. The Bertz CT molecular complexity index is 943. The van der Waals surface area contributed by atoms with E-state index in [1.54, 1.807) is 42.5 Å². The van der Waals surface area contributed by atoms with E-state index in [9.17, 15) is 9.59 Å². The Labute approximate surface area is 162 Å². The topological polar surface area (TPSA) is 71.1 Å². The molecule has 0 spiro atoms. The highest BCUT2D eigenvalue weighted by molar-refractivity contribution is 6.30. The second kappa shape index (κ2) is 8.47. The number of carbonyl (C=O) groups is 2. The highest BCUT2D eigenvalue weighted by Crippen LogP contribution is 2.15. The van der Waals surface area contributed by atoms with Gasteiger partial charge in [0.1, 0.15) is 11.4 Å². The van der Waals surface area contributed by atoms with Gasteiger partial charge in [-0.2, -0.15) is 0 Å². The van der Waals surface area contributed by atoms with Crippen molar-refractivity contribution in [3.05, 3.63) is 94.8 Å². The van der Waals surface area contributed by atoms with E-state index >= 15 is 0 Å². The predicted molar refractivity (Wildman–Crippen MR) is 106 cm³/mol. The smallest absolute Gasteiger partial charge is 0.274 e. The van der Waals surface area contributed by atoms with E-state index in [0.717, 1.165) is 5.56 Å². The summed E-state index contributed by atoms with van der Waals surface area (Å²) < 4.78 is 0. The summed E-state index contributed by atoms with van der Waals surface area (Å²) in [4.78, 5) is 29.0. The Balaban J connectivity index is 1.69. The number of pyridine rings is 1. The molecule has 2 aromatic carbocycles. The molecule has 136 valence electrons. The van der Waals surface area contributed by atoms with Crippen molar-refractivity contribution in [1.29, 1.82) is 0 Å². The molecule has 0 aliphatic rings. The van der Waals surface area contributed by atoms with Crippen molar-refractivity contribution >= 4 is 29.1 Å². The molecule has 0 saturated carbocycles. The molecule has 1 aromatic heterocycles. The van der Waals surface area contributed by atoms with Gasteiger partial charge in [0.25, 0.3) is 11.8 Å².